The highest BCUT2D eigenvalue weighted by atomic mass is 15.1. The molecule has 0 unspecified atom stereocenters. The van der Waals surface area contributed by atoms with Crippen LogP contribution in [-0.2, 0) is 6.42 Å². The molecule has 2 rings (SSSR count). The summed E-state index contributed by atoms with van der Waals surface area (Å²) in [5.41, 5.74) is 8.28. The fraction of sp³-hybridized carbons (Fsp3) is 0.571. The van der Waals surface area contributed by atoms with Crippen molar-refractivity contribution in [2.45, 2.75) is 25.3 Å². The zero-order valence-corrected chi connectivity index (χ0v) is 5.80. The van der Waals surface area contributed by atoms with Crippen LogP contribution in [0.4, 0.5) is 0 Å². The highest BCUT2D eigenvalue weighted by Gasteiger charge is 2.17. The minimum absolute atomic E-state index is 0.225. The van der Waals surface area contributed by atoms with Gasteiger partial charge in [0.15, 0.2) is 0 Å². The Morgan fingerprint density at radius 1 is 1.70 bits per heavy atom. The normalized spacial score (nSPS) is 24.3. The molecule has 3 heteroatoms. The van der Waals surface area contributed by atoms with E-state index in [1.807, 2.05) is 6.20 Å². The molecule has 0 amide bonds. The van der Waals surface area contributed by atoms with Gasteiger partial charge in [-0.05, 0) is 19.3 Å². The third-order valence-corrected chi connectivity index (χ3v) is 2.09. The SMILES string of the molecule is N[C@@H]1CCCc2[nH]ncc21. The molecule has 1 aliphatic carbocycles. The molecule has 0 fully saturated rings. The van der Waals surface area contributed by atoms with E-state index < -0.39 is 0 Å². The summed E-state index contributed by atoms with van der Waals surface area (Å²) in [4.78, 5) is 0. The van der Waals surface area contributed by atoms with Crippen LogP contribution in [0.15, 0.2) is 6.20 Å². The highest BCUT2D eigenvalue weighted by Crippen LogP contribution is 2.25. The lowest BCUT2D eigenvalue weighted by atomic mass is 9.94. The van der Waals surface area contributed by atoms with Crippen LogP contribution in [-0.4, -0.2) is 10.2 Å². The molecule has 0 aromatic carbocycles. The molecule has 0 saturated carbocycles. The highest BCUT2D eigenvalue weighted by molar-refractivity contribution is 5.22. The van der Waals surface area contributed by atoms with Gasteiger partial charge in [-0.3, -0.25) is 5.10 Å². The van der Waals surface area contributed by atoms with Crippen LogP contribution in [0.5, 0.6) is 0 Å². The van der Waals surface area contributed by atoms with Gasteiger partial charge in [0.1, 0.15) is 0 Å². The van der Waals surface area contributed by atoms with E-state index in [0.29, 0.717) is 0 Å². The first-order valence-electron chi connectivity index (χ1n) is 3.65. The number of aromatic amines is 1. The van der Waals surface area contributed by atoms with Gasteiger partial charge in [0.2, 0.25) is 0 Å². The largest absolute Gasteiger partial charge is 0.324 e. The summed E-state index contributed by atoms with van der Waals surface area (Å²) >= 11 is 0. The molecule has 1 aromatic rings. The predicted octanol–water partition coefficient (Wildman–Crippen LogP) is 0.746. The van der Waals surface area contributed by atoms with Gasteiger partial charge in [-0.1, -0.05) is 0 Å². The first-order chi connectivity index (χ1) is 4.88. The Labute approximate surface area is 59.6 Å². The number of nitrogens with zero attached hydrogens (tertiary/aromatic N) is 1. The molecule has 10 heavy (non-hydrogen) atoms. The van der Waals surface area contributed by atoms with Gasteiger partial charge in [-0.2, -0.15) is 5.10 Å². The molecule has 1 atom stereocenters. The standard InChI is InChI=1S/C7H11N3/c8-6-2-1-3-7-5(6)4-9-10-7/h4,6H,1-3,8H2,(H,9,10)/t6-/m1/s1. The monoisotopic (exact) mass is 137 g/mol. The Morgan fingerprint density at radius 3 is 3.40 bits per heavy atom. The zero-order valence-electron chi connectivity index (χ0n) is 5.80. The molecule has 0 bridgehead atoms. The fourth-order valence-electron chi connectivity index (χ4n) is 1.50. The molecule has 1 aromatic heterocycles. The Kier molecular flexibility index (Phi) is 1.24. The van der Waals surface area contributed by atoms with Crippen LogP contribution in [0.1, 0.15) is 30.1 Å². The van der Waals surface area contributed by atoms with Crippen molar-refractivity contribution in [3.63, 3.8) is 0 Å². The predicted molar refractivity (Wildman–Crippen MR) is 38.5 cm³/mol. The molecular formula is C7H11N3. The maximum Gasteiger partial charge on any atom is 0.0537 e. The maximum atomic E-state index is 5.83. The number of hydrogen-bond donors (Lipinski definition) is 2. The maximum absolute atomic E-state index is 5.83. The minimum atomic E-state index is 0.225. The number of hydrogen-bond acceptors (Lipinski definition) is 2. The lowest BCUT2D eigenvalue weighted by molar-refractivity contribution is 0.566. The van der Waals surface area contributed by atoms with E-state index in [2.05, 4.69) is 10.2 Å². The molecule has 3 N–H and O–H groups in total. The van der Waals surface area contributed by atoms with Gasteiger partial charge >= 0.3 is 0 Å². The van der Waals surface area contributed by atoms with E-state index in [1.54, 1.807) is 0 Å². The van der Waals surface area contributed by atoms with Crippen molar-refractivity contribution < 1.29 is 0 Å². The number of fused-ring (bicyclic) bond motifs is 1. The summed E-state index contributed by atoms with van der Waals surface area (Å²) in [6, 6.07) is 0.225. The van der Waals surface area contributed by atoms with E-state index in [4.69, 9.17) is 5.73 Å². The second-order valence-electron chi connectivity index (χ2n) is 2.80. The van der Waals surface area contributed by atoms with Crippen molar-refractivity contribution in [2.24, 2.45) is 5.73 Å². The average Bonchev–Trinajstić information content (AvgIpc) is 2.36. The smallest absolute Gasteiger partial charge is 0.0537 e. The summed E-state index contributed by atoms with van der Waals surface area (Å²) in [5.74, 6) is 0. The van der Waals surface area contributed by atoms with Gasteiger partial charge < -0.3 is 5.73 Å². The summed E-state index contributed by atoms with van der Waals surface area (Å²) in [5, 5.41) is 6.91. The Bertz CT molecular complexity index is 229. The fourth-order valence-corrected chi connectivity index (χ4v) is 1.50. The van der Waals surface area contributed by atoms with Crippen molar-refractivity contribution >= 4 is 0 Å². The van der Waals surface area contributed by atoms with E-state index in [0.717, 1.165) is 12.8 Å². The molecule has 0 spiro atoms. The van der Waals surface area contributed by atoms with Crippen molar-refractivity contribution in [2.75, 3.05) is 0 Å². The third kappa shape index (κ3) is 0.743. The summed E-state index contributed by atoms with van der Waals surface area (Å²) in [7, 11) is 0. The third-order valence-electron chi connectivity index (χ3n) is 2.09. The molecule has 1 aliphatic rings. The van der Waals surface area contributed by atoms with Crippen LogP contribution >= 0.6 is 0 Å². The number of aryl methyl sites for hydroxylation is 1. The van der Waals surface area contributed by atoms with E-state index >= 15 is 0 Å². The number of H-pyrrole nitrogens is 1. The van der Waals surface area contributed by atoms with Gasteiger partial charge in [-0.15, -0.1) is 0 Å². The molecule has 3 nitrogen and oxygen atoms in total. The quantitative estimate of drug-likeness (QED) is 0.554. The van der Waals surface area contributed by atoms with Crippen LogP contribution in [0.3, 0.4) is 0 Å². The summed E-state index contributed by atoms with van der Waals surface area (Å²) < 4.78 is 0. The molecular weight excluding hydrogens is 126 g/mol. The van der Waals surface area contributed by atoms with Crippen LogP contribution in [0.2, 0.25) is 0 Å². The zero-order chi connectivity index (χ0) is 6.97. The van der Waals surface area contributed by atoms with Crippen LogP contribution < -0.4 is 5.73 Å². The Balaban J connectivity index is 2.41. The van der Waals surface area contributed by atoms with Crippen LogP contribution in [0.25, 0.3) is 0 Å². The van der Waals surface area contributed by atoms with Gasteiger partial charge in [-0.25, -0.2) is 0 Å². The van der Waals surface area contributed by atoms with E-state index in [9.17, 15) is 0 Å². The van der Waals surface area contributed by atoms with Gasteiger partial charge in [0.25, 0.3) is 0 Å². The second kappa shape index (κ2) is 2.09. The van der Waals surface area contributed by atoms with Crippen molar-refractivity contribution in [3.05, 3.63) is 17.5 Å². The first-order valence-corrected chi connectivity index (χ1v) is 3.65. The Morgan fingerprint density at radius 2 is 2.60 bits per heavy atom. The molecule has 54 valence electrons. The number of nitrogens with two attached hydrogens (primary N) is 1. The number of rotatable bonds is 0. The van der Waals surface area contributed by atoms with E-state index in [1.165, 1.54) is 17.7 Å². The van der Waals surface area contributed by atoms with Gasteiger partial charge in [0.05, 0.1) is 6.20 Å². The first kappa shape index (κ1) is 5.92. The number of aromatic nitrogens is 2. The molecule has 0 aliphatic heterocycles. The molecule has 0 radical (unpaired) electrons. The van der Waals surface area contributed by atoms with E-state index in [-0.39, 0.29) is 6.04 Å². The van der Waals surface area contributed by atoms with Crippen molar-refractivity contribution in [1.82, 2.24) is 10.2 Å². The van der Waals surface area contributed by atoms with Crippen molar-refractivity contribution in [3.8, 4) is 0 Å². The lowest BCUT2D eigenvalue weighted by Gasteiger charge is -2.16. The molecule has 1 heterocycles. The summed E-state index contributed by atoms with van der Waals surface area (Å²) in [6.45, 7) is 0. The average molecular weight is 137 g/mol. The van der Waals surface area contributed by atoms with Gasteiger partial charge in [0, 0.05) is 17.3 Å². The Hall–Kier alpha value is -0.830. The summed E-state index contributed by atoms with van der Waals surface area (Å²) in [6.07, 6.45) is 5.26. The molecule has 0 saturated heterocycles. The minimum Gasteiger partial charge on any atom is -0.324 e. The lowest BCUT2D eigenvalue weighted by Crippen LogP contribution is -2.15. The topological polar surface area (TPSA) is 54.7 Å². The number of nitrogens with one attached hydrogen (secondary N) is 1. The van der Waals surface area contributed by atoms with Crippen LogP contribution in [0, 0.1) is 0 Å². The van der Waals surface area contributed by atoms with Crippen molar-refractivity contribution in [1.29, 1.82) is 0 Å². The second-order valence-corrected chi connectivity index (χ2v) is 2.80.